The number of para-hydroxylation sites is 1. The number of amides is 1. The van der Waals surface area contributed by atoms with Crippen LogP contribution in [0.3, 0.4) is 0 Å². The molecular weight excluding hydrogens is 336 g/mol. The van der Waals surface area contributed by atoms with Crippen molar-refractivity contribution in [2.24, 2.45) is 5.73 Å². The molecule has 0 atom stereocenters. The average molecular weight is 359 g/mol. The Morgan fingerprint density at radius 2 is 1.76 bits per heavy atom. The van der Waals surface area contributed by atoms with Crippen molar-refractivity contribution in [2.75, 3.05) is 49.5 Å². The highest BCUT2D eigenvalue weighted by molar-refractivity contribution is 6.34. The minimum absolute atomic E-state index is 0.359. The van der Waals surface area contributed by atoms with E-state index in [4.69, 9.17) is 17.3 Å². The normalized spacial score (nSPS) is 15.2. The zero-order valence-electron chi connectivity index (χ0n) is 14.1. The highest BCUT2D eigenvalue weighted by Gasteiger charge is 2.17. The van der Waals surface area contributed by atoms with Crippen molar-refractivity contribution >= 4 is 28.9 Å². The van der Waals surface area contributed by atoms with Crippen LogP contribution in [-0.2, 0) is 0 Å². The second kappa shape index (κ2) is 8.23. The number of nitrogens with one attached hydrogen (secondary N) is 1. The fraction of sp³-hybridized carbons (Fsp3) is 0.316. The first-order valence-electron chi connectivity index (χ1n) is 8.49. The highest BCUT2D eigenvalue weighted by Crippen LogP contribution is 2.23. The Bertz CT molecular complexity index is 715. The Hall–Kier alpha value is -2.24. The van der Waals surface area contributed by atoms with Gasteiger partial charge < -0.3 is 16.0 Å². The number of piperazine rings is 1. The Kier molecular flexibility index (Phi) is 5.79. The van der Waals surface area contributed by atoms with E-state index in [0.717, 1.165) is 39.3 Å². The van der Waals surface area contributed by atoms with Gasteiger partial charge in [-0.1, -0.05) is 35.9 Å². The SMILES string of the molecule is NC(=O)c1c(Cl)cccc1NCCN1CCN(c2ccccc2)CC1. The van der Waals surface area contributed by atoms with Crippen molar-refractivity contribution < 1.29 is 4.79 Å². The van der Waals surface area contributed by atoms with Crippen LogP contribution in [0.2, 0.25) is 5.02 Å². The zero-order chi connectivity index (χ0) is 17.6. The summed E-state index contributed by atoms with van der Waals surface area (Å²) in [6.45, 7) is 5.74. The lowest BCUT2D eigenvalue weighted by Gasteiger charge is -2.36. The molecule has 0 aliphatic carbocycles. The fourth-order valence-corrected chi connectivity index (χ4v) is 3.41. The van der Waals surface area contributed by atoms with Gasteiger partial charge in [0.2, 0.25) is 0 Å². The van der Waals surface area contributed by atoms with Crippen LogP contribution < -0.4 is 16.0 Å². The molecule has 2 aromatic rings. The minimum Gasteiger partial charge on any atom is -0.383 e. The first-order valence-corrected chi connectivity index (χ1v) is 8.87. The maximum atomic E-state index is 11.6. The summed E-state index contributed by atoms with van der Waals surface area (Å²) in [5.41, 5.74) is 7.76. The number of nitrogens with two attached hydrogens (primary N) is 1. The number of primary amides is 1. The highest BCUT2D eigenvalue weighted by atomic mass is 35.5. The van der Waals surface area contributed by atoms with Crippen LogP contribution in [-0.4, -0.2) is 50.1 Å². The van der Waals surface area contributed by atoms with Crippen LogP contribution in [0.1, 0.15) is 10.4 Å². The Morgan fingerprint density at radius 1 is 1.04 bits per heavy atom. The molecule has 0 spiro atoms. The van der Waals surface area contributed by atoms with Crippen molar-refractivity contribution in [3.05, 3.63) is 59.1 Å². The van der Waals surface area contributed by atoms with E-state index in [2.05, 4.69) is 39.4 Å². The lowest BCUT2D eigenvalue weighted by Crippen LogP contribution is -2.47. The van der Waals surface area contributed by atoms with Crippen molar-refractivity contribution in [2.45, 2.75) is 0 Å². The molecule has 6 heteroatoms. The van der Waals surface area contributed by atoms with Crippen molar-refractivity contribution in [1.29, 1.82) is 0 Å². The lowest BCUT2D eigenvalue weighted by molar-refractivity contribution is 0.100. The summed E-state index contributed by atoms with van der Waals surface area (Å²) >= 11 is 6.07. The molecule has 1 aliphatic rings. The number of anilines is 2. The summed E-state index contributed by atoms with van der Waals surface area (Å²) in [4.78, 5) is 16.4. The molecule has 25 heavy (non-hydrogen) atoms. The van der Waals surface area contributed by atoms with Gasteiger partial charge in [-0.3, -0.25) is 9.69 Å². The third kappa shape index (κ3) is 4.44. The standard InChI is InChI=1S/C19H23ClN4O/c20-16-7-4-8-17(18(16)19(21)25)22-9-10-23-11-13-24(14-12-23)15-5-2-1-3-6-15/h1-8,22H,9-14H2,(H2,21,25). The fourth-order valence-electron chi connectivity index (χ4n) is 3.14. The first kappa shape index (κ1) is 17.6. The van der Waals surface area contributed by atoms with E-state index in [1.165, 1.54) is 5.69 Å². The Balaban J connectivity index is 1.48. The second-order valence-corrected chi connectivity index (χ2v) is 6.52. The number of rotatable bonds is 6. The largest absolute Gasteiger partial charge is 0.383 e. The van der Waals surface area contributed by atoms with Crippen LogP contribution in [0.15, 0.2) is 48.5 Å². The quantitative estimate of drug-likeness (QED) is 0.833. The van der Waals surface area contributed by atoms with Gasteiger partial charge in [-0.2, -0.15) is 0 Å². The predicted molar refractivity (Wildman–Crippen MR) is 104 cm³/mol. The first-order chi connectivity index (χ1) is 12.1. The third-order valence-corrected chi connectivity index (χ3v) is 4.81. The van der Waals surface area contributed by atoms with Gasteiger partial charge in [0, 0.05) is 50.6 Å². The smallest absolute Gasteiger partial charge is 0.252 e. The molecule has 0 bridgehead atoms. The van der Waals surface area contributed by atoms with Gasteiger partial charge in [0.1, 0.15) is 0 Å². The molecule has 2 aromatic carbocycles. The van der Waals surface area contributed by atoms with Crippen LogP contribution >= 0.6 is 11.6 Å². The number of carbonyl (C=O) groups is 1. The minimum atomic E-state index is -0.510. The second-order valence-electron chi connectivity index (χ2n) is 6.12. The molecular formula is C19H23ClN4O. The zero-order valence-corrected chi connectivity index (χ0v) is 14.9. The summed E-state index contributed by atoms with van der Waals surface area (Å²) < 4.78 is 0. The van der Waals surface area contributed by atoms with E-state index in [9.17, 15) is 4.79 Å². The summed E-state index contributed by atoms with van der Waals surface area (Å²) in [6, 6.07) is 15.8. The molecule has 0 radical (unpaired) electrons. The monoisotopic (exact) mass is 358 g/mol. The number of benzene rings is 2. The van der Waals surface area contributed by atoms with Gasteiger partial charge >= 0.3 is 0 Å². The number of carbonyl (C=O) groups excluding carboxylic acids is 1. The molecule has 1 amide bonds. The average Bonchev–Trinajstić information content (AvgIpc) is 2.63. The predicted octanol–water partition coefficient (Wildman–Crippen LogP) is 2.67. The third-order valence-electron chi connectivity index (χ3n) is 4.50. The van der Waals surface area contributed by atoms with Crippen molar-refractivity contribution in [3.63, 3.8) is 0 Å². The lowest BCUT2D eigenvalue weighted by atomic mass is 10.1. The molecule has 1 heterocycles. The van der Waals surface area contributed by atoms with Crippen LogP contribution in [0.25, 0.3) is 0 Å². The van der Waals surface area contributed by atoms with Crippen molar-refractivity contribution in [3.8, 4) is 0 Å². The molecule has 1 saturated heterocycles. The van der Waals surface area contributed by atoms with E-state index in [1.54, 1.807) is 6.07 Å². The molecule has 3 N–H and O–H groups in total. The number of hydrogen-bond donors (Lipinski definition) is 2. The van der Waals surface area contributed by atoms with E-state index >= 15 is 0 Å². The van der Waals surface area contributed by atoms with E-state index < -0.39 is 5.91 Å². The number of nitrogens with zero attached hydrogens (tertiary/aromatic N) is 2. The van der Waals surface area contributed by atoms with Crippen molar-refractivity contribution in [1.82, 2.24) is 4.90 Å². The summed E-state index contributed by atoms with van der Waals surface area (Å²) in [5, 5.41) is 3.67. The number of halogens is 1. The van der Waals surface area contributed by atoms with Crippen LogP contribution in [0, 0.1) is 0 Å². The van der Waals surface area contributed by atoms with Crippen LogP contribution in [0.5, 0.6) is 0 Å². The molecule has 3 rings (SSSR count). The van der Waals surface area contributed by atoms with E-state index in [1.807, 2.05) is 18.2 Å². The van der Waals surface area contributed by atoms with Gasteiger partial charge in [0.25, 0.3) is 5.91 Å². The molecule has 1 fully saturated rings. The van der Waals surface area contributed by atoms with Gasteiger partial charge in [-0.05, 0) is 24.3 Å². The molecule has 0 saturated carbocycles. The Morgan fingerprint density at radius 3 is 2.44 bits per heavy atom. The molecule has 0 unspecified atom stereocenters. The molecule has 0 aromatic heterocycles. The maximum absolute atomic E-state index is 11.6. The summed E-state index contributed by atoms with van der Waals surface area (Å²) in [6.07, 6.45) is 0. The molecule has 132 valence electrons. The molecule has 1 aliphatic heterocycles. The molecule has 5 nitrogen and oxygen atoms in total. The van der Waals surface area contributed by atoms with E-state index in [-0.39, 0.29) is 0 Å². The van der Waals surface area contributed by atoms with Gasteiger partial charge in [-0.15, -0.1) is 0 Å². The van der Waals surface area contributed by atoms with Gasteiger partial charge in [0.05, 0.1) is 10.6 Å². The topological polar surface area (TPSA) is 61.6 Å². The summed E-state index contributed by atoms with van der Waals surface area (Å²) in [5.74, 6) is -0.510. The van der Waals surface area contributed by atoms with Gasteiger partial charge in [-0.25, -0.2) is 0 Å². The maximum Gasteiger partial charge on any atom is 0.252 e. The summed E-state index contributed by atoms with van der Waals surface area (Å²) in [7, 11) is 0. The number of hydrogen-bond acceptors (Lipinski definition) is 4. The van der Waals surface area contributed by atoms with Crippen LogP contribution in [0.4, 0.5) is 11.4 Å². The van der Waals surface area contributed by atoms with Gasteiger partial charge in [0.15, 0.2) is 0 Å². The Labute approximate surface area is 153 Å². The van der Waals surface area contributed by atoms with E-state index in [0.29, 0.717) is 16.3 Å².